The summed E-state index contributed by atoms with van der Waals surface area (Å²) in [6, 6.07) is 0.787. The molecule has 0 fully saturated rings. The van der Waals surface area contributed by atoms with Crippen molar-refractivity contribution in [3.63, 3.8) is 0 Å². The van der Waals surface area contributed by atoms with Crippen molar-refractivity contribution in [2.24, 2.45) is 0 Å². The number of hydrogen-bond donors (Lipinski definition) is 0. The van der Waals surface area contributed by atoms with Crippen LogP contribution in [-0.4, -0.2) is 23.9 Å². The number of hydrogen-bond acceptors (Lipinski definition) is 3. The van der Waals surface area contributed by atoms with Gasteiger partial charge in [0.05, 0.1) is 10.5 Å². The van der Waals surface area contributed by atoms with E-state index >= 15 is 0 Å². The lowest BCUT2D eigenvalue weighted by molar-refractivity contribution is -0.387. The summed E-state index contributed by atoms with van der Waals surface area (Å²) in [5.74, 6) is -1.27. The van der Waals surface area contributed by atoms with Gasteiger partial charge in [0.15, 0.2) is 0 Å². The molecule has 0 aliphatic rings. The Balaban J connectivity index is 3.42. The van der Waals surface area contributed by atoms with Crippen molar-refractivity contribution in [3.05, 3.63) is 39.2 Å². The molecule has 0 aliphatic carbocycles. The molecular formula is C10H10F4N2O2. The Morgan fingerprint density at radius 2 is 1.89 bits per heavy atom. The van der Waals surface area contributed by atoms with Crippen LogP contribution in [0.4, 0.5) is 23.2 Å². The summed E-state index contributed by atoms with van der Waals surface area (Å²) in [5, 5.41) is 10.4. The van der Waals surface area contributed by atoms with Crippen LogP contribution < -0.4 is 0 Å². The minimum atomic E-state index is -4.76. The fourth-order valence-corrected chi connectivity index (χ4v) is 1.48. The molecule has 0 radical (unpaired) electrons. The first-order valence-electron chi connectivity index (χ1n) is 4.81. The third-order valence-electron chi connectivity index (χ3n) is 2.16. The molecule has 0 unspecified atom stereocenters. The highest BCUT2D eigenvalue weighted by Gasteiger charge is 2.36. The zero-order chi connectivity index (χ0) is 14.1. The lowest BCUT2D eigenvalue weighted by Gasteiger charge is -2.16. The molecule has 0 N–H and O–H groups in total. The normalized spacial score (nSPS) is 11.9. The van der Waals surface area contributed by atoms with Crippen LogP contribution in [0.2, 0.25) is 0 Å². The smallest absolute Gasteiger partial charge is 0.305 e. The van der Waals surface area contributed by atoms with Crippen LogP contribution in [0.25, 0.3) is 0 Å². The maximum absolute atomic E-state index is 13.3. The molecule has 1 rings (SSSR count). The van der Waals surface area contributed by atoms with E-state index in [9.17, 15) is 27.7 Å². The van der Waals surface area contributed by atoms with E-state index < -0.39 is 28.2 Å². The summed E-state index contributed by atoms with van der Waals surface area (Å²) in [7, 11) is 3.03. The first-order chi connectivity index (χ1) is 8.12. The highest BCUT2D eigenvalue weighted by molar-refractivity contribution is 5.42. The first kappa shape index (κ1) is 14.4. The molecule has 0 amide bonds. The monoisotopic (exact) mass is 266 g/mol. The maximum Gasteiger partial charge on any atom is 0.416 e. The molecule has 0 saturated heterocycles. The molecule has 0 aromatic heterocycles. The van der Waals surface area contributed by atoms with Gasteiger partial charge in [0, 0.05) is 12.6 Å². The maximum atomic E-state index is 13.3. The SMILES string of the molecule is CN(C)Cc1cc(F)c([N+](=O)[O-])cc1C(F)(F)F. The van der Waals surface area contributed by atoms with Gasteiger partial charge in [-0.3, -0.25) is 10.1 Å². The minimum absolute atomic E-state index is 0.163. The highest BCUT2D eigenvalue weighted by atomic mass is 19.4. The summed E-state index contributed by atoms with van der Waals surface area (Å²) in [4.78, 5) is 10.7. The summed E-state index contributed by atoms with van der Waals surface area (Å²) in [5.41, 5.74) is -2.70. The summed E-state index contributed by atoms with van der Waals surface area (Å²) in [6.45, 7) is -0.163. The van der Waals surface area contributed by atoms with Gasteiger partial charge >= 0.3 is 11.9 Å². The molecule has 4 nitrogen and oxygen atoms in total. The van der Waals surface area contributed by atoms with E-state index in [0.717, 1.165) is 0 Å². The highest BCUT2D eigenvalue weighted by Crippen LogP contribution is 2.35. The van der Waals surface area contributed by atoms with Crippen molar-refractivity contribution >= 4 is 5.69 Å². The van der Waals surface area contributed by atoms with Crippen molar-refractivity contribution in [2.75, 3.05) is 14.1 Å². The van der Waals surface area contributed by atoms with E-state index in [-0.39, 0.29) is 18.2 Å². The quantitative estimate of drug-likeness (QED) is 0.480. The molecule has 18 heavy (non-hydrogen) atoms. The molecule has 100 valence electrons. The number of nitrogens with zero attached hydrogens (tertiary/aromatic N) is 2. The second-order valence-electron chi connectivity index (χ2n) is 3.95. The Morgan fingerprint density at radius 3 is 2.28 bits per heavy atom. The topological polar surface area (TPSA) is 46.4 Å². The van der Waals surface area contributed by atoms with E-state index in [2.05, 4.69) is 0 Å². The van der Waals surface area contributed by atoms with Gasteiger partial charge in [-0.05, 0) is 25.7 Å². The number of alkyl halides is 3. The number of halogens is 4. The van der Waals surface area contributed by atoms with Crippen molar-refractivity contribution in [1.29, 1.82) is 0 Å². The number of benzene rings is 1. The van der Waals surface area contributed by atoms with Gasteiger partial charge < -0.3 is 4.90 Å². The Morgan fingerprint density at radius 1 is 1.33 bits per heavy atom. The molecule has 0 saturated carbocycles. The Bertz CT molecular complexity index is 472. The van der Waals surface area contributed by atoms with Gasteiger partial charge in [0.2, 0.25) is 5.82 Å². The average Bonchev–Trinajstić information content (AvgIpc) is 2.13. The predicted molar refractivity (Wildman–Crippen MR) is 55.4 cm³/mol. The molecular weight excluding hydrogens is 256 g/mol. The molecule has 1 aromatic carbocycles. The number of nitro groups is 1. The van der Waals surface area contributed by atoms with Crippen molar-refractivity contribution in [2.45, 2.75) is 12.7 Å². The largest absolute Gasteiger partial charge is 0.416 e. The zero-order valence-corrected chi connectivity index (χ0v) is 9.58. The molecule has 0 aliphatic heterocycles. The molecule has 0 heterocycles. The lowest BCUT2D eigenvalue weighted by Crippen LogP contribution is -2.17. The molecule has 0 spiro atoms. The van der Waals surface area contributed by atoms with E-state index in [4.69, 9.17) is 0 Å². The fourth-order valence-electron chi connectivity index (χ4n) is 1.48. The van der Waals surface area contributed by atoms with Gasteiger partial charge in [0.1, 0.15) is 0 Å². The lowest BCUT2D eigenvalue weighted by atomic mass is 10.1. The van der Waals surface area contributed by atoms with Crippen LogP contribution in [0.15, 0.2) is 12.1 Å². The summed E-state index contributed by atoms with van der Waals surface area (Å²) < 4.78 is 51.4. The van der Waals surface area contributed by atoms with E-state index in [1.807, 2.05) is 0 Å². The van der Waals surface area contributed by atoms with Gasteiger partial charge in [-0.1, -0.05) is 0 Å². The molecule has 0 atom stereocenters. The second-order valence-corrected chi connectivity index (χ2v) is 3.95. The molecule has 0 bridgehead atoms. The molecule has 1 aromatic rings. The van der Waals surface area contributed by atoms with Crippen LogP contribution >= 0.6 is 0 Å². The van der Waals surface area contributed by atoms with Crippen molar-refractivity contribution in [1.82, 2.24) is 4.90 Å². The summed E-state index contributed by atoms with van der Waals surface area (Å²) in [6.07, 6.45) is -4.76. The standard InChI is InChI=1S/C10H10F4N2O2/c1-15(2)5-6-3-8(11)9(16(17)18)4-7(6)10(12,13)14/h3-4H,5H2,1-2H3. The number of nitro benzene ring substituents is 1. The average molecular weight is 266 g/mol. The van der Waals surface area contributed by atoms with E-state index in [1.54, 1.807) is 0 Å². The van der Waals surface area contributed by atoms with Crippen molar-refractivity contribution < 1.29 is 22.5 Å². The number of rotatable bonds is 3. The second kappa shape index (κ2) is 4.89. The van der Waals surface area contributed by atoms with Gasteiger partial charge in [0.25, 0.3) is 0 Å². The van der Waals surface area contributed by atoms with Crippen LogP contribution in [0.1, 0.15) is 11.1 Å². The van der Waals surface area contributed by atoms with E-state index in [0.29, 0.717) is 6.07 Å². The Hall–Kier alpha value is -1.70. The van der Waals surface area contributed by atoms with E-state index in [1.165, 1.54) is 19.0 Å². The van der Waals surface area contributed by atoms with Crippen molar-refractivity contribution in [3.8, 4) is 0 Å². The molecule has 8 heteroatoms. The Kier molecular flexibility index (Phi) is 3.90. The Labute approximate surface area is 100.0 Å². The van der Waals surface area contributed by atoms with Crippen LogP contribution in [0.5, 0.6) is 0 Å². The third kappa shape index (κ3) is 3.16. The van der Waals surface area contributed by atoms with Gasteiger partial charge in [-0.2, -0.15) is 17.6 Å². The van der Waals surface area contributed by atoms with Gasteiger partial charge in [-0.25, -0.2) is 0 Å². The fraction of sp³-hybridized carbons (Fsp3) is 0.400. The third-order valence-corrected chi connectivity index (χ3v) is 2.16. The van der Waals surface area contributed by atoms with Gasteiger partial charge in [-0.15, -0.1) is 0 Å². The summed E-state index contributed by atoms with van der Waals surface area (Å²) >= 11 is 0. The van der Waals surface area contributed by atoms with Crippen LogP contribution in [-0.2, 0) is 12.7 Å². The zero-order valence-electron chi connectivity index (χ0n) is 9.58. The minimum Gasteiger partial charge on any atom is -0.305 e. The first-order valence-corrected chi connectivity index (χ1v) is 4.81. The predicted octanol–water partition coefficient (Wildman–Crippen LogP) is 2.81. The van der Waals surface area contributed by atoms with Crippen LogP contribution in [0.3, 0.4) is 0 Å². The van der Waals surface area contributed by atoms with Crippen LogP contribution in [0, 0.1) is 15.9 Å².